The van der Waals surface area contributed by atoms with Gasteiger partial charge in [-0.05, 0) is 59.1 Å². The first-order valence-electron chi connectivity index (χ1n) is 7.86. The van der Waals surface area contributed by atoms with Crippen molar-refractivity contribution in [2.24, 2.45) is 5.92 Å². The Balaban J connectivity index is 2.24. The van der Waals surface area contributed by atoms with Crippen LogP contribution in [0.4, 0.5) is 0 Å². The molecule has 1 heteroatoms. The highest BCUT2D eigenvalue weighted by atomic mass is 14.3. The largest absolute Gasteiger partial charge is 0.308 e. The van der Waals surface area contributed by atoms with E-state index < -0.39 is 0 Å². The molecule has 2 rings (SSSR count). The summed E-state index contributed by atoms with van der Waals surface area (Å²) in [5, 5.41) is 7.37. The van der Waals surface area contributed by atoms with Crippen molar-refractivity contribution in [3.8, 4) is 11.1 Å². The Kier molecular flexibility index (Phi) is 5.32. The van der Waals surface area contributed by atoms with Crippen molar-refractivity contribution in [2.75, 3.05) is 0 Å². The average Bonchev–Trinajstić information content (AvgIpc) is 2.52. The van der Waals surface area contributed by atoms with Crippen molar-refractivity contribution < 1.29 is 0 Å². The number of aryl methyl sites for hydroxylation is 2. The molecule has 0 aliphatic rings. The van der Waals surface area contributed by atoms with Gasteiger partial charge in [-0.1, -0.05) is 57.2 Å². The van der Waals surface area contributed by atoms with Crippen molar-refractivity contribution in [1.29, 1.82) is 5.41 Å². The third-order valence-corrected chi connectivity index (χ3v) is 3.95. The lowest BCUT2D eigenvalue weighted by atomic mass is 9.94. The molecule has 2 aromatic carbocycles. The van der Waals surface area contributed by atoms with Gasteiger partial charge in [0.25, 0.3) is 0 Å². The molecule has 0 heterocycles. The van der Waals surface area contributed by atoms with Gasteiger partial charge >= 0.3 is 0 Å². The Bertz CT molecular complexity index is 594. The molecule has 0 aliphatic carbocycles. The summed E-state index contributed by atoms with van der Waals surface area (Å²) >= 11 is 0. The molecule has 0 radical (unpaired) electrons. The highest BCUT2D eigenvalue weighted by Crippen LogP contribution is 2.26. The lowest BCUT2D eigenvalue weighted by Gasteiger charge is -2.11. The van der Waals surface area contributed by atoms with Crippen LogP contribution in [0, 0.1) is 11.3 Å². The lowest BCUT2D eigenvalue weighted by Crippen LogP contribution is -1.93. The van der Waals surface area contributed by atoms with E-state index in [1.165, 1.54) is 34.9 Å². The van der Waals surface area contributed by atoms with E-state index in [1.807, 2.05) is 6.07 Å². The van der Waals surface area contributed by atoms with E-state index >= 15 is 0 Å². The van der Waals surface area contributed by atoms with Crippen LogP contribution in [-0.2, 0) is 12.8 Å². The first kappa shape index (κ1) is 15.5. The molecule has 0 atom stereocenters. The number of benzene rings is 2. The van der Waals surface area contributed by atoms with Crippen LogP contribution in [0.25, 0.3) is 11.1 Å². The van der Waals surface area contributed by atoms with Crippen LogP contribution < -0.4 is 0 Å². The van der Waals surface area contributed by atoms with Gasteiger partial charge in [0, 0.05) is 6.21 Å². The van der Waals surface area contributed by atoms with Gasteiger partial charge in [0.2, 0.25) is 0 Å². The van der Waals surface area contributed by atoms with Crippen LogP contribution in [0.5, 0.6) is 0 Å². The summed E-state index contributed by atoms with van der Waals surface area (Å²) in [5.74, 6) is 0.755. The van der Waals surface area contributed by atoms with Crippen molar-refractivity contribution in [2.45, 2.75) is 40.0 Å². The summed E-state index contributed by atoms with van der Waals surface area (Å²) in [6, 6.07) is 15.2. The quantitative estimate of drug-likeness (QED) is 0.675. The molecule has 0 amide bonds. The van der Waals surface area contributed by atoms with Crippen molar-refractivity contribution >= 4 is 6.21 Å². The summed E-state index contributed by atoms with van der Waals surface area (Å²) in [6.45, 7) is 6.71. The van der Waals surface area contributed by atoms with E-state index in [2.05, 4.69) is 57.2 Å². The summed E-state index contributed by atoms with van der Waals surface area (Å²) in [5.41, 5.74) is 6.27. The fourth-order valence-corrected chi connectivity index (χ4v) is 2.58. The fourth-order valence-electron chi connectivity index (χ4n) is 2.58. The zero-order valence-electron chi connectivity index (χ0n) is 13.3. The Morgan fingerprint density at radius 2 is 1.76 bits per heavy atom. The molecular weight excluding hydrogens is 254 g/mol. The van der Waals surface area contributed by atoms with Gasteiger partial charge in [-0.15, -0.1) is 0 Å². The van der Waals surface area contributed by atoms with Gasteiger partial charge in [0.1, 0.15) is 0 Å². The molecule has 1 N–H and O–H groups in total. The molecule has 2 aromatic rings. The minimum Gasteiger partial charge on any atom is -0.308 e. The second-order valence-corrected chi connectivity index (χ2v) is 6.04. The van der Waals surface area contributed by atoms with E-state index in [1.54, 1.807) is 0 Å². The highest BCUT2D eigenvalue weighted by Gasteiger charge is 2.05. The predicted octanol–water partition coefficient (Wildman–Crippen LogP) is 5.50. The summed E-state index contributed by atoms with van der Waals surface area (Å²) in [7, 11) is 0. The number of hydrogen-bond donors (Lipinski definition) is 1. The third-order valence-electron chi connectivity index (χ3n) is 3.95. The van der Waals surface area contributed by atoms with Crippen LogP contribution in [0.2, 0.25) is 0 Å². The Labute approximate surface area is 128 Å². The van der Waals surface area contributed by atoms with Crippen LogP contribution in [-0.4, -0.2) is 6.21 Å². The van der Waals surface area contributed by atoms with Gasteiger partial charge in [-0.25, -0.2) is 0 Å². The molecule has 0 aromatic heterocycles. The number of nitrogens with one attached hydrogen (secondary N) is 1. The van der Waals surface area contributed by atoms with Crippen LogP contribution >= 0.6 is 0 Å². The van der Waals surface area contributed by atoms with Gasteiger partial charge in [-0.2, -0.15) is 0 Å². The van der Waals surface area contributed by atoms with Crippen LogP contribution in [0.1, 0.15) is 43.9 Å². The predicted molar refractivity (Wildman–Crippen MR) is 92.3 cm³/mol. The molecule has 0 saturated heterocycles. The van der Waals surface area contributed by atoms with Crippen molar-refractivity contribution in [3.05, 3.63) is 59.2 Å². The average molecular weight is 279 g/mol. The van der Waals surface area contributed by atoms with Crippen LogP contribution in [0.3, 0.4) is 0 Å². The van der Waals surface area contributed by atoms with E-state index in [0.717, 1.165) is 24.3 Å². The maximum Gasteiger partial charge on any atom is 0.0250 e. The van der Waals surface area contributed by atoms with Crippen molar-refractivity contribution in [3.63, 3.8) is 0 Å². The Morgan fingerprint density at radius 3 is 2.33 bits per heavy atom. The van der Waals surface area contributed by atoms with E-state index in [9.17, 15) is 0 Å². The van der Waals surface area contributed by atoms with Gasteiger partial charge in [-0.3, -0.25) is 0 Å². The molecule has 0 bridgehead atoms. The summed E-state index contributed by atoms with van der Waals surface area (Å²) in [4.78, 5) is 0. The molecule has 1 nitrogen and oxygen atoms in total. The smallest absolute Gasteiger partial charge is 0.0250 e. The maximum absolute atomic E-state index is 7.37. The summed E-state index contributed by atoms with van der Waals surface area (Å²) in [6.07, 6.45) is 4.81. The number of hydrogen-bond acceptors (Lipinski definition) is 1. The Morgan fingerprint density at radius 1 is 1.05 bits per heavy atom. The van der Waals surface area contributed by atoms with E-state index in [-0.39, 0.29) is 0 Å². The molecule has 0 saturated carbocycles. The first-order valence-corrected chi connectivity index (χ1v) is 7.86. The van der Waals surface area contributed by atoms with Gasteiger partial charge < -0.3 is 5.41 Å². The first-order chi connectivity index (χ1) is 10.1. The molecule has 21 heavy (non-hydrogen) atoms. The van der Waals surface area contributed by atoms with Crippen molar-refractivity contribution in [1.82, 2.24) is 0 Å². The van der Waals surface area contributed by atoms with Gasteiger partial charge in [0.15, 0.2) is 0 Å². The third kappa shape index (κ3) is 4.04. The Hall–Kier alpha value is -1.89. The summed E-state index contributed by atoms with van der Waals surface area (Å²) < 4.78 is 0. The van der Waals surface area contributed by atoms with Gasteiger partial charge in [0.05, 0.1) is 0 Å². The van der Waals surface area contributed by atoms with E-state index in [0.29, 0.717) is 0 Å². The zero-order chi connectivity index (χ0) is 15.2. The minimum absolute atomic E-state index is 0.755. The lowest BCUT2D eigenvalue weighted by molar-refractivity contribution is 0.587. The maximum atomic E-state index is 7.37. The standard InChI is InChI=1S/C20H25N/c1-4-18-13-17(14-21)9-12-20(18)19-10-7-16(8-11-19)6-5-15(2)3/h7-15,21H,4-6H2,1-3H3. The highest BCUT2D eigenvalue weighted by molar-refractivity contribution is 5.80. The minimum atomic E-state index is 0.755. The fraction of sp³-hybridized carbons (Fsp3) is 0.350. The SMILES string of the molecule is CCc1cc(C=N)ccc1-c1ccc(CCC(C)C)cc1. The monoisotopic (exact) mass is 279 g/mol. The zero-order valence-corrected chi connectivity index (χ0v) is 13.3. The molecule has 0 aliphatic heterocycles. The number of rotatable bonds is 6. The molecule has 0 fully saturated rings. The molecular formula is C20H25N. The second-order valence-electron chi connectivity index (χ2n) is 6.04. The van der Waals surface area contributed by atoms with E-state index in [4.69, 9.17) is 5.41 Å². The second kappa shape index (κ2) is 7.21. The topological polar surface area (TPSA) is 23.9 Å². The van der Waals surface area contributed by atoms with Crippen LogP contribution in [0.15, 0.2) is 42.5 Å². The normalized spacial score (nSPS) is 10.9. The molecule has 0 spiro atoms. The molecule has 0 unspecified atom stereocenters. The molecule has 110 valence electrons.